The van der Waals surface area contributed by atoms with Gasteiger partial charge in [0.2, 0.25) is 11.0 Å². The minimum atomic E-state index is -0.615. The molecule has 0 saturated carbocycles. The third kappa shape index (κ3) is 5.40. The summed E-state index contributed by atoms with van der Waals surface area (Å²) < 4.78 is 5.97. The summed E-state index contributed by atoms with van der Waals surface area (Å²) in [4.78, 5) is 31.7. The summed E-state index contributed by atoms with van der Waals surface area (Å²) in [5.74, 6) is 0.112. The summed E-state index contributed by atoms with van der Waals surface area (Å²) in [7, 11) is 1.57. The van der Waals surface area contributed by atoms with Crippen LogP contribution in [-0.2, 0) is 9.59 Å². The maximum atomic E-state index is 13.7. The Hall–Kier alpha value is -3.73. The van der Waals surface area contributed by atoms with Gasteiger partial charge in [-0.05, 0) is 29.5 Å². The molecule has 1 aliphatic heterocycles. The number of ether oxygens (including phenoxy) is 1. The van der Waals surface area contributed by atoms with E-state index in [1.54, 1.807) is 23.6 Å². The van der Waals surface area contributed by atoms with Gasteiger partial charge in [0.1, 0.15) is 11.6 Å². The molecule has 1 unspecified atom stereocenters. The van der Waals surface area contributed by atoms with E-state index in [0.717, 1.165) is 11.3 Å². The highest BCUT2D eigenvalue weighted by atomic mass is 32.2. The summed E-state index contributed by atoms with van der Waals surface area (Å²) in [6, 6.07) is 9.62. The minimum absolute atomic E-state index is 0.0303. The van der Waals surface area contributed by atoms with Crippen molar-refractivity contribution in [3.63, 3.8) is 0 Å². The molecule has 3 N–H and O–H groups in total. The zero-order valence-corrected chi connectivity index (χ0v) is 23.9. The zero-order valence-electron chi connectivity index (χ0n) is 21.4. The normalized spacial score (nSPS) is 18.6. The number of anilines is 2. The molecular weight excluding hydrogens is 555 g/mol. The van der Waals surface area contributed by atoms with E-state index < -0.39 is 5.92 Å². The molecule has 3 heterocycles. The Morgan fingerprint density at radius 1 is 1.36 bits per heavy atom. The monoisotopic (exact) mass is 579 g/mol. The van der Waals surface area contributed by atoms with Crippen LogP contribution in [0.3, 0.4) is 0 Å². The van der Waals surface area contributed by atoms with Gasteiger partial charge < -0.3 is 15.8 Å². The Kier molecular flexibility index (Phi) is 7.44. The van der Waals surface area contributed by atoms with Crippen LogP contribution in [0.5, 0.6) is 5.75 Å². The molecule has 1 aliphatic carbocycles. The number of thiazole rings is 1. The smallest absolute Gasteiger partial charge is 0.236 e. The standard InChI is InChI=1S/C26H25N7O3S3/c1-26(2)10-17-21(18(34)11-26)20(14-5-4-6-15(9-14)36-3)16(12-27)22(28)33(17)24-31-32-25(39-24)38-13-19(35)30-23-29-7-8-37-23/h4-9,20H,10-11,13,28H2,1-3H3,(H,29,30,35). The molecule has 200 valence electrons. The van der Waals surface area contributed by atoms with Crippen LogP contribution in [0.25, 0.3) is 0 Å². The Morgan fingerprint density at radius 2 is 2.18 bits per heavy atom. The number of nitrogens with zero attached hydrogens (tertiary/aromatic N) is 5. The van der Waals surface area contributed by atoms with Crippen LogP contribution < -0.4 is 20.7 Å². The van der Waals surface area contributed by atoms with E-state index in [0.29, 0.717) is 38.8 Å². The first kappa shape index (κ1) is 26.9. The third-order valence-electron chi connectivity index (χ3n) is 6.40. The maximum absolute atomic E-state index is 13.7. The molecule has 5 rings (SSSR count). The number of rotatable bonds is 7. The Bertz CT molecular complexity index is 1540. The predicted molar refractivity (Wildman–Crippen MR) is 151 cm³/mol. The first-order valence-electron chi connectivity index (χ1n) is 12.0. The number of methoxy groups -OCH3 is 1. The molecule has 0 fully saturated rings. The summed E-state index contributed by atoms with van der Waals surface area (Å²) in [5, 5.41) is 24.3. The van der Waals surface area contributed by atoms with Gasteiger partial charge in [-0.2, -0.15) is 5.26 Å². The fraction of sp³-hybridized carbons (Fsp3) is 0.308. The van der Waals surface area contributed by atoms with E-state index in [1.165, 1.54) is 34.4 Å². The number of hydrogen-bond acceptors (Lipinski definition) is 12. The van der Waals surface area contributed by atoms with Crippen molar-refractivity contribution in [1.82, 2.24) is 15.2 Å². The number of ketones is 1. The van der Waals surface area contributed by atoms with Crippen molar-refractivity contribution in [3.8, 4) is 11.8 Å². The molecule has 1 aromatic carbocycles. The molecule has 1 atom stereocenters. The Labute approximate surface area is 237 Å². The van der Waals surface area contributed by atoms with Crippen LogP contribution >= 0.6 is 34.4 Å². The van der Waals surface area contributed by atoms with Crippen molar-refractivity contribution < 1.29 is 14.3 Å². The molecule has 13 heteroatoms. The topological polar surface area (TPSA) is 147 Å². The van der Waals surface area contributed by atoms with Crippen LogP contribution in [0.2, 0.25) is 0 Å². The van der Waals surface area contributed by atoms with Crippen molar-refractivity contribution >= 4 is 56.4 Å². The number of benzene rings is 1. The number of carbonyl (C=O) groups is 2. The number of Topliss-reactive ketones (excluding diaryl/α,β-unsaturated/α-hetero) is 1. The highest BCUT2D eigenvalue weighted by Crippen LogP contribution is 2.51. The molecular formula is C26H25N7O3S3. The van der Waals surface area contributed by atoms with Gasteiger partial charge in [0, 0.05) is 29.3 Å². The second kappa shape index (κ2) is 10.8. The number of allylic oxidation sites excluding steroid dienone is 3. The van der Waals surface area contributed by atoms with Crippen molar-refractivity contribution in [2.75, 3.05) is 23.1 Å². The van der Waals surface area contributed by atoms with Gasteiger partial charge in [-0.25, -0.2) is 4.98 Å². The van der Waals surface area contributed by atoms with Gasteiger partial charge in [0.15, 0.2) is 15.3 Å². The van der Waals surface area contributed by atoms with E-state index in [-0.39, 0.29) is 34.3 Å². The first-order chi connectivity index (χ1) is 18.7. The van der Waals surface area contributed by atoms with E-state index >= 15 is 0 Å². The SMILES string of the molecule is COc1cccc(C2C(C#N)=C(N)N(c3nnc(SCC(=O)Nc4nccs4)s3)C3=C2C(=O)CC(C)(C)C3)c1. The van der Waals surface area contributed by atoms with Crippen LogP contribution in [0.15, 0.2) is 62.8 Å². The maximum Gasteiger partial charge on any atom is 0.236 e. The lowest BCUT2D eigenvalue weighted by Gasteiger charge is -2.42. The first-order valence-corrected chi connectivity index (χ1v) is 14.6. The molecule has 3 aromatic rings. The quantitative estimate of drug-likeness (QED) is 0.378. The molecule has 39 heavy (non-hydrogen) atoms. The van der Waals surface area contributed by atoms with Gasteiger partial charge in [-0.1, -0.05) is 49.1 Å². The van der Waals surface area contributed by atoms with Crippen LogP contribution in [0.1, 0.15) is 38.2 Å². The van der Waals surface area contributed by atoms with E-state index in [1.807, 2.05) is 38.1 Å². The lowest BCUT2D eigenvalue weighted by molar-refractivity contribution is -0.118. The second-order valence-corrected chi connectivity index (χ2v) is 12.9. The summed E-state index contributed by atoms with van der Waals surface area (Å²) in [6.07, 6.45) is 2.53. The van der Waals surface area contributed by atoms with Crippen molar-refractivity contribution in [2.45, 2.75) is 36.9 Å². The molecule has 10 nitrogen and oxygen atoms in total. The number of carbonyl (C=O) groups excluding carboxylic acids is 2. The molecule has 1 amide bonds. The minimum Gasteiger partial charge on any atom is -0.497 e. The Morgan fingerprint density at radius 3 is 2.90 bits per heavy atom. The third-order valence-corrected chi connectivity index (χ3v) is 9.13. The highest BCUT2D eigenvalue weighted by molar-refractivity contribution is 8.01. The number of thioether (sulfide) groups is 1. The summed E-state index contributed by atoms with van der Waals surface area (Å²) in [5.41, 5.74) is 8.65. The van der Waals surface area contributed by atoms with Crippen molar-refractivity contribution in [2.24, 2.45) is 11.1 Å². The lowest BCUT2D eigenvalue weighted by atomic mass is 9.68. The van der Waals surface area contributed by atoms with E-state index in [2.05, 4.69) is 26.6 Å². The average Bonchev–Trinajstić information content (AvgIpc) is 3.58. The van der Waals surface area contributed by atoms with Gasteiger partial charge in [0.25, 0.3) is 0 Å². The van der Waals surface area contributed by atoms with Crippen LogP contribution in [-0.4, -0.2) is 39.7 Å². The number of amides is 1. The molecule has 0 saturated heterocycles. The predicted octanol–water partition coefficient (Wildman–Crippen LogP) is 4.67. The number of nitrogens with one attached hydrogen (secondary N) is 1. The van der Waals surface area contributed by atoms with Crippen molar-refractivity contribution in [1.29, 1.82) is 5.26 Å². The molecule has 2 aromatic heterocycles. The van der Waals surface area contributed by atoms with Gasteiger partial charge >= 0.3 is 0 Å². The highest BCUT2D eigenvalue weighted by Gasteiger charge is 2.45. The number of nitrogens with two attached hydrogens (primary N) is 1. The van der Waals surface area contributed by atoms with Gasteiger partial charge in [-0.3, -0.25) is 14.5 Å². The van der Waals surface area contributed by atoms with E-state index in [4.69, 9.17) is 10.5 Å². The molecule has 0 bridgehead atoms. The van der Waals surface area contributed by atoms with Gasteiger partial charge in [0.05, 0.1) is 30.4 Å². The molecule has 0 radical (unpaired) electrons. The number of nitriles is 1. The van der Waals surface area contributed by atoms with Crippen molar-refractivity contribution in [3.05, 3.63) is 64.1 Å². The fourth-order valence-corrected chi connectivity index (χ4v) is 7.03. The zero-order chi connectivity index (χ0) is 27.7. The fourth-order valence-electron chi connectivity index (χ4n) is 4.80. The largest absolute Gasteiger partial charge is 0.497 e. The van der Waals surface area contributed by atoms with Crippen LogP contribution in [0, 0.1) is 16.7 Å². The van der Waals surface area contributed by atoms with E-state index in [9.17, 15) is 14.9 Å². The average molecular weight is 580 g/mol. The molecule has 2 aliphatic rings. The second-order valence-electron chi connectivity index (χ2n) is 9.78. The number of aromatic nitrogens is 3. The van der Waals surface area contributed by atoms with Crippen LogP contribution in [0.4, 0.5) is 10.3 Å². The lowest BCUT2D eigenvalue weighted by Crippen LogP contribution is -2.42. The van der Waals surface area contributed by atoms with Gasteiger partial charge in [-0.15, -0.1) is 21.5 Å². The summed E-state index contributed by atoms with van der Waals surface area (Å²) in [6.45, 7) is 4.07. The Balaban J connectivity index is 1.51. The molecule has 0 spiro atoms. The summed E-state index contributed by atoms with van der Waals surface area (Å²) >= 11 is 3.83. The number of hydrogen-bond donors (Lipinski definition) is 2.